The fourth-order valence-corrected chi connectivity index (χ4v) is 3.12. The maximum absolute atomic E-state index is 5.88. The number of pyridine rings is 1. The molecule has 0 unspecified atom stereocenters. The first-order chi connectivity index (χ1) is 11.2. The van der Waals surface area contributed by atoms with Crippen LogP contribution in [0.5, 0.6) is 0 Å². The van der Waals surface area contributed by atoms with E-state index in [1.54, 1.807) is 6.33 Å². The van der Waals surface area contributed by atoms with Gasteiger partial charge >= 0.3 is 0 Å². The number of rotatable bonds is 4. The van der Waals surface area contributed by atoms with Gasteiger partial charge in [0.15, 0.2) is 0 Å². The van der Waals surface area contributed by atoms with Crippen LogP contribution in [0.1, 0.15) is 30.1 Å². The maximum atomic E-state index is 5.88. The molecule has 0 amide bonds. The van der Waals surface area contributed by atoms with Crippen LogP contribution < -0.4 is 10.6 Å². The zero-order valence-electron chi connectivity index (χ0n) is 13.1. The number of nitrogens with zero attached hydrogens (tertiary/aromatic N) is 5. The van der Waals surface area contributed by atoms with Gasteiger partial charge in [-0.1, -0.05) is 6.07 Å². The van der Waals surface area contributed by atoms with Crippen molar-refractivity contribution < 1.29 is 0 Å². The van der Waals surface area contributed by atoms with Crippen molar-refractivity contribution in [2.45, 2.75) is 31.3 Å². The molecule has 4 rings (SSSR count). The minimum Gasteiger partial charge on any atom is -0.354 e. The van der Waals surface area contributed by atoms with Gasteiger partial charge in [0, 0.05) is 37.0 Å². The highest BCUT2D eigenvalue weighted by Gasteiger charge is 2.28. The highest BCUT2D eigenvalue weighted by Crippen LogP contribution is 2.35. The monoisotopic (exact) mass is 308 g/mol. The molecule has 6 nitrogen and oxygen atoms in total. The molecule has 6 heteroatoms. The van der Waals surface area contributed by atoms with Crippen LogP contribution in [0, 0.1) is 0 Å². The van der Waals surface area contributed by atoms with E-state index < -0.39 is 0 Å². The summed E-state index contributed by atoms with van der Waals surface area (Å²) in [5, 5.41) is 0. The van der Waals surface area contributed by atoms with Crippen molar-refractivity contribution in [3.05, 3.63) is 54.4 Å². The summed E-state index contributed by atoms with van der Waals surface area (Å²) in [5.74, 6) is 1.41. The van der Waals surface area contributed by atoms with Crippen LogP contribution in [0.15, 0.2) is 43.0 Å². The van der Waals surface area contributed by atoms with Crippen LogP contribution in [-0.4, -0.2) is 32.4 Å². The van der Waals surface area contributed by atoms with Crippen LogP contribution in [0.25, 0.3) is 5.65 Å². The third-order valence-corrected chi connectivity index (χ3v) is 4.55. The summed E-state index contributed by atoms with van der Waals surface area (Å²) in [5.41, 5.74) is 9.08. The second kappa shape index (κ2) is 5.62. The summed E-state index contributed by atoms with van der Waals surface area (Å²) in [7, 11) is 2.04. The Morgan fingerprint density at radius 2 is 2.13 bits per heavy atom. The number of anilines is 1. The first kappa shape index (κ1) is 14.1. The summed E-state index contributed by atoms with van der Waals surface area (Å²) in [6.07, 6.45) is 7.64. The van der Waals surface area contributed by atoms with Gasteiger partial charge in [0.2, 0.25) is 0 Å². The fraction of sp³-hybridized carbons (Fsp3) is 0.353. The number of hydrogen-bond acceptors (Lipinski definition) is 5. The van der Waals surface area contributed by atoms with Crippen molar-refractivity contribution in [1.82, 2.24) is 19.4 Å². The lowest BCUT2D eigenvalue weighted by atomic mass is 9.78. The zero-order valence-corrected chi connectivity index (χ0v) is 13.1. The van der Waals surface area contributed by atoms with Gasteiger partial charge in [0.25, 0.3) is 0 Å². The average Bonchev–Trinajstić information content (AvgIpc) is 2.95. The smallest absolute Gasteiger partial charge is 0.136 e. The summed E-state index contributed by atoms with van der Waals surface area (Å²) in [4.78, 5) is 15.4. The number of imidazole rings is 1. The highest BCUT2D eigenvalue weighted by atomic mass is 15.2. The second-order valence-corrected chi connectivity index (χ2v) is 6.26. The van der Waals surface area contributed by atoms with E-state index in [1.807, 2.05) is 37.6 Å². The quantitative estimate of drug-likeness (QED) is 0.798. The SMILES string of the molecule is CN(Cc1cnc2ccccn12)c1cc(C2CC(N)C2)ncn1. The Labute approximate surface area is 135 Å². The van der Waals surface area contributed by atoms with Gasteiger partial charge in [-0.25, -0.2) is 15.0 Å². The average molecular weight is 308 g/mol. The van der Waals surface area contributed by atoms with Crippen LogP contribution in [0.2, 0.25) is 0 Å². The van der Waals surface area contributed by atoms with Crippen molar-refractivity contribution in [3.8, 4) is 0 Å². The van der Waals surface area contributed by atoms with Gasteiger partial charge in [0.05, 0.1) is 18.4 Å². The molecule has 1 saturated carbocycles. The molecule has 3 aromatic heterocycles. The molecule has 0 radical (unpaired) electrons. The molecular weight excluding hydrogens is 288 g/mol. The Morgan fingerprint density at radius 1 is 1.26 bits per heavy atom. The summed E-state index contributed by atoms with van der Waals surface area (Å²) >= 11 is 0. The fourth-order valence-electron chi connectivity index (χ4n) is 3.12. The van der Waals surface area contributed by atoms with Crippen LogP contribution in [-0.2, 0) is 6.54 Å². The molecular formula is C17H20N6. The largest absolute Gasteiger partial charge is 0.354 e. The van der Waals surface area contributed by atoms with Gasteiger partial charge in [-0.2, -0.15) is 0 Å². The molecule has 1 fully saturated rings. The molecule has 3 aromatic rings. The van der Waals surface area contributed by atoms with Crippen LogP contribution >= 0.6 is 0 Å². The van der Waals surface area contributed by atoms with Gasteiger partial charge in [-0.3, -0.25) is 0 Å². The molecule has 0 atom stereocenters. The molecule has 0 aliphatic heterocycles. The second-order valence-electron chi connectivity index (χ2n) is 6.26. The molecule has 1 aliphatic carbocycles. The first-order valence-corrected chi connectivity index (χ1v) is 7.90. The van der Waals surface area contributed by atoms with Crippen molar-refractivity contribution >= 4 is 11.5 Å². The van der Waals surface area contributed by atoms with Gasteiger partial charge in [-0.15, -0.1) is 0 Å². The molecule has 3 heterocycles. The minimum absolute atomic E-state index is 0.328. The van der Waals surface area contributed by atoms with Crippen molar-refractivity contribution in [2.75, 3.05) is 11.9 Å². The zero-order chi connectivity index (χ0) is 15.8. The molecule has 1 aliphatic rings. The predicted octanol–water partition coefficient (Wildman–Crippen LogP) is 1.97. The first-order valence-electron chi connectivity index (χ1n) is 7.90. The standard InChI is InChI=1S/C17H20N6/c1-22(10-14-9-19-16-4-2-3-5-23(14)16)17-8-15(20-11-21-17)12-6-13(18)7-12/h2-5,8-9,11-13H,6-7,10,18H2,1H3. The topological polar surface area (TPSA) is 72.3 Å². The number of nitrogens with two attached hydrogens (primary N) is 1. The highest BCUT2D eigenvalue weighted by molar-refractivity contribution is 5.43. The van der Waals surface area contributed by atoms with E-state index in [0.29, 0.717) is 12.0 Å². The maximum Gasteiger partial charge on any atom is 0.136 e. The van der Waals surface area contributed by atoms with E-state index in [4.69, 9.17) is 5.73 Å². The Morgan fingerprint density at radius 3 is 2.96 bits per heavy atom. The molecule has 118 valence electrons. The Balaban J connectivity index is 1.55. The summed E-state index contributed by atoms with van der Waals surface area (Å²) in [6, 6.07) is 8.43. The molecule has 0 bridgehead atoms. The molecule has 0 spiro atoms. The van der Waals surface area contributed by atoms with E-state index in [1.165, 1.54) is 0 Å². The van der Waals surface area contributed by atoms with E-state index in [9.17, 15) is 0 Å². The Kier molecular flexibility index (Phi) is 3.46. The van der Waals surface area contributed by atoms with Gasteiger partial charge in [-0.05, 0) is 25.0 Å². The lowest BCUT2D eigenvalue weighted by Crippen LogP contribution is -2.35. The summed E-state index contributed by atoms with van der Waals surface area (Å²) in [6.45, 7) is 0.742. The predicted molar refractivity (Wildman–Crippen MR) is 89.3 cm³/mol. The number of aromatic nitrogens is 4. The Hall–Kier alpha value is -2.47. The Bertz CT molecular complexity index is 821. The van der Waals surface area contributed by atoms with Gasteiger partial charge < -0.3 is 15.0 Å². The summed E-state index contributed by atoms with van der Waals surface area (Å²) < 4.78 is 2.10. The minimum atomic E-state index is 0.328. The van der Waals surface area contributed by atoms with E-state index >= 15 is 0 Å². The van der Waals surface area contributed by atoms with Crippen LogP contribution in [0.3, 0.4) is 0 Å². The van der Waals surface area contributed by atoms with E-state index in [0.717, 1.165) is 42.2 Å². The molecule has 2 N–H and O–H groups in total. The molecule has 23 heavy (non-hydrogen) atoms. The van der Waals surface area contributed by atoms with Gasteiger partial charge in [0.1, 0.15) is 17.8 Å². The van der Waals surface area contributed by atoms with Crippen molar-refractivity contribution in [3.63, 3.8) is 0 Å². The van der Waals surface area contributed by atoms with Crippen LogP contribution in [0.4, 0.5) is 5.82 Å². The lowest BCUT2D eigenvalue weighted by Gasteiger charge is -2.32. The normalized spacial score (nSPS) is 20.4. The number of hydrogen-bond donors (Lipinski definition) is 1. The van der Waals surface area contributed by atoms with E-state index in [-0.39, 0.29) is 0 Å². The third kappa shape index (κ3) is 2.66. The van der Waals surface area contributed by atoms with Crippen molar-refractivity contribution in [2.24, 2.45) is 5.73 Å². The molecule has 0 aromatic carbocycles. The molecule has 0 saturated heterocycles. The van der Waals surface area contributed by atoms with Crippen molar-refractivity contribution in [1.29, 1.82) is 0 Å². The van der Waals surface area contributed by atoms with E-state index in [2.05, 4.69) is 30.3 Å². The number of fused-ring (bicyclic) bond motifs is 1. The lowest BCUT2D eigenvalue weighted by molar-refractivity contribution is 0.345. The third-order valence-electron chi connectivity index (χ3n) is 4.55.